The molecule has 1 aromatic rings. The maximum Gasteiger partial charge on any atom is 0.249 e. The van der Waals surface area contributed by atoms with Crippen LogP contribution in [0, 0.1) is 5.92 Å². The quantitative estimate of drug-likeness (QED) is 0.921. The Morgan fingerprint density at radius 2 is 2.00 bits per heavy atom. The van der Waals surface area contributed by atoms with Gasteiger partial charge in [-0.1, -0.05) is 36.2 Å². The maximum absolute atomic E-state index is 12.7. The Kier molecular flexibility index (Phi) is 4.81. The van der Waals surface area contributed by atoms with Gasteiger partial charge in [-0.3, -0.25) is 9.59 Å². The van der Waals surface area contributed by atoms with Gasteiger partial charge in [0.25, 0.3) is 0 Å². The molecule has 1 saturated heterocycles. The molecule has 4 nitrogen and oxygen atoms in total. The van der Waals surface area contributed by atoms with E-state index >= 15 is 0 Å². The van der Waals surface area contributed by atoms with E-state index in [9.17, 15) is 9.59 Å². The second-order valence-corrected chi connectivity index (χ2v) is 6.06. The standard InChI is InChI=1S/C15H19BrN2O2/c1-3-10(2)14-15(20)18(9-8-13(19)17-14)12-6-4-11(16)5-7-12/h4-7,10,14H,3,8-9H2,1-2H3,(H,17,19). The number of hydrogen-bond acceptors (Lipinski definition) is 2. The van der Waals surface area contributed by atoms with E-state index in [2.05, 4.69) is 21.2 Å². The summed E-state index contributed by atoms with van der Waals surface area (Å²) in [5, 5.41) is 2.85. The van der Waals surface area contributed by atoms with Crippen molar-refractivity contribution in [2.24, 2.45) is 5.92 Å². The van der Waals surface area contributed by atoms with Crippen LogP contribution in [0.15, 0.2) is 28.7 Å². The Morgan fingerprint density at radius 3 is 2.60 bits per heavy atom. The van der Waals surface area contributed by atoms with Crippen molar-refractivity contribution in [3.63, 3.8) is 0 Å². The Bertz CT molecular complexity index is 501. The molecule has 20 heavy (non-hydrogen) atoms. The van der Waals surface area contributed by atoms with Crippen LogP contribution in [-0.2, 0) is 9.59 Å². The lowest BCUT2D eigenvalue weighted by atomic mass is 9.98. The normalized spacial score (nSPS) is 21.4. The number of benzene rings is 1. The van der Waals surface area contributed by atoms with Crippen molar-refractivity contribution >= 4 is 33.4 Å². The second-order valence-electron chi connectivity index (χ2n) is 5.15. The van der Waals surface area contributed by atoms with Crippen LogP contribution >= 0.6 is 15.9 Å². The number of halogens is 1. The molecule has 2 rings (SSSR count). The number of nitrogens with zero attached hydrogens (tertiary/aromatic N) is 1. The SMILES string of the molecule is CCC(C)C1NC(=O)CCN(c2ccc(Br)cc2)C1=O. The summed E-state index contributed by atoms with van der Waals surface area (Å²) >= 11 is 3.39. The molecular formula is C15H19BrN2O2. The predicted molar refractivity (Wildman–Crippen MR) is 82.5 cm³/mol. The first-order valence-electron chi connectivity index (χ1n) is 6.89. The van der Waals surface area contributed by atoms with E-state index in [1.165, 1.54) is 0 Å². The minimum atomic E-state index is -0.432. The highest BCUT2D eigenvalue weighted by atomic mass is 79.9. The molecule has 0 saturated carbocycles. The van der Waals surface area contributed by atoms with Gasteiger partial charge in [0.15, 0.2) is 0 Å². The van der Waals surface area contributed by atoms with Crippen LogP contribution in [0.5, 0.6) is 0 Å². The summed E-state index contributed by atoms with van der Waals surface area (Å²) in [7, 11) is 0. The van der Waals surface area contributed by atoms with Crippen molar-refractivity contribution in [2.45, 2.75) is 32.7 Å². The van der Waals surface area contributed by atoms with Crippen LogP contribution in [0.25, 0.3) is 0 Å². The lowest BCUT2D eigenvalue weighted by Crippen LogP contribution is -2.48. The first-order chi connectivity index (χ1) is 9.52. The molecular weight excluding hydrogens is 320 g/mol. The lowest BCUT2D eigenvalue weighted by molar-refractivity contribution is -0.126. The van der Waals surface area contributed by atoms with Crippen molar-refractivity contribution < 1.29 is 9.59 Å². The van der Waals surface area contributed by atoms with E-state index in [0.717, 1.165) is 16.6 Å². The minimum Gasteiger partial charge on any atom is -0.344 e. The molecule has 1 N–H and O–H groups in total. The summed E-state index contributed by atoms with van der Waals surface area (Å²) in [6.45, 7) is 4.45. The Balaban J connectivity index is 2.29. The number of nitrogens with one attached hydrogen (secondary N) is 1. The molecule has 2 atom stereocenters. The summed E-state index contributed by atoms with van der Waals surface area (Å²) in [5.41, 5.74) is 0.836. The fourth-order valence-corrected chi connectivity index (χ4v) is 2.56. The fraction of sp³-hybridized carbons (Fsp3) is 0.467. The van der Waals surface area contributed by atoms with Crippen LogP contribution in [0.3, 0.4) is 0 Å². The molecule has 2 unspecified atom stereocenters. The summed E-state index contributed by atoms with van der Waals surface area (Å²) in [5.74, 6) is 0.0540. The van der Waals surface area contributed by atoms with Gasteiger partial charge >= 0.3 is 0 Å². The van der Waals surface area contributed by atoms with Gasteiger partial charge in [-0.2, -0.15) is 0 Å². The molecule has 108 valence electrons. The number of amides is 2. The van der Waals surface area contributed by atoms with E-state index in [-0.39, 0.29) is 17.7 Å². The average Bonchev–Trinajstić information content (AvgIpc) is 2.59. The molecule has 0 spiro atoms. The Morgan fingerprint density at radius 1 is 1.35 bits per heavy atom. The van der Waals surface area contributed by atoms with Gasteiger partial charge in [0.2, 0.25) is 11.8 Å². The molecule has 5 heteroatoms. The summed E-state index contributed by atoms with van der Waals surface area (Å²) in [6, 6.07) is 7.16. The molecule has 0 aliphatic carbocycles. The van der Waals surface area contributed by atoms with E-state index in [0.29, 0.717) is 13.0 Å². The van der Waals surface area contributed by atoms with Gasteiger partial charge in [-0.05, 0) is 30.2 Å². The summed E-state index contributed by atoms with van der Waals surface area (Å²) in [6.07, 6.45) is 1.19. The zero-order valence-corrected chi connectivity index (χ0v) is 13.3. The van der Waals surface area contributed by atoms with Crippen LogP contribution in [0.2, 0.25) is 0 Å². The molecule has 1 heterocycles. The Labute approximate surface area is 127 Å². The van der Waals surface area contributed by atoms with Gasteiger partial charge in [0.1, 0.15) is 6.04 Å². The first-order valence-corrected chi connectivity index (χ1v) is 7.68. The highest BCUT2D eigenvalue weighted by Gasteiger charge is 2.33. The molecule has 0 bridgehead atoms. The smallest absolute Gasteiger partial charge is 0.249 e. The maximum atomic E-state index is 12.7. The van der Waals surface area contributed by atoms with Gasteiger partial charge in [-0.25, -0.2) is 0 Å². The minimum absolute atomic E-state index is 0.0208. The first kappa shape index (κ1) is 15.0. The molecule has 0 radical (unpaired) electrons. The number of hydrogen-bond donors (Lipinski definition) is 1. The number of anilines is 1. The van der Waals surface area contributed by atoms with E-state index in [4.69, 9.17) is 0 Å². The molecule has 1 aliphatic heterocycles. The van der Waals surface area contributed by atoms with E-state index < -0.39 is 6.04 Å². The molecule has 2 amide bonds. The zero-order valence-electron chi connectivity index (χ0n) is 11.7. The van der Waals surface area contributed by atoms with Gasteiger partial charge in [0, 0.05) is 23.1 Å². The fourth-order valence-electron chi connectivity index (χ4n) is 2.30. The second kappa shape index (κ2) is 6.39. The molecule has 1 aromatic carbocycles. The summed E-state index contributed by atoms with van der Waals surface area (Å²) < 4.78 is 0.969. The average molecular weight is 339 g/mol. The van der Waals surface area contributed by atoms with Crippen molar-refractivity contribution in [1.29, 1.82) is 0 Å². The van der Waals surface area contributed by atoms with Crippen LogP contribution in [0.1, 0.15) is 26.7 Å². The van der Waals surface area contributed by atoms with Crippen molar-refractivity contribution in [3.8, 4) is 0 Å². The summed E-state index contributed by atoms with van der Waals surface area (Å²) in [4.78, 5) is 26.2. The Hall–Kier alpha value is -1.36. The predicted octanol–water partition coefficient (Wildman–Crippen LogP) is 2.72. The topological polar surface area (TPSA) is 49.4 Å². The lowest BCUT2D eigenvalue weighted by Gasteiger charge is -2.27. The molecule has 0 aromatic heterocycles. The van der Waals surface area contributed by atoms with E-state index in [1.807, 2.05) is 38.1 Å². The number of carbonyl (C=O) groups is 2. The van der Waals surface area contributed by atoms with Crippen LogP contribution in [-0.4, -0.2) is 24.4 Å². The third kappa shape index (κ3) is 3.20. The highest BCUT2D eigenvalue weighted by molar-refractivity contribution is 9.10. The third-order valence-electron chi connectivity index (χ3n) is 3.76. The van der Waals surface area contributed by atoms with Crippen LogP contribution in [0.4, 0.5) is 5.69 Å². The van der Waals surface area contributed by atoms with Gasteiger partial charge < -0.3 is 10.2 Å². The third-order valence-corrected chi connectivity index (χ3v) is 4.29. The highest BCUT2D eigenvalue weighted by Crippen LogP contribution is 2.23. The number of rotatable bonds is 3. The van der Waals surface area contributed by atoms with Gasteiger partial charge in [0.05, 0.1) is 0 Å². The molecule has 1 aliphatic rings. The zero-order chi connectivity index (χ0) is 14.7. The van der Waals surface area contributed by atoms with Gasteiger partial charge in [-0.15, -0.1) is 0 Å². The molecule has 1 fully saturated rings. The van der Waals surface area contributed by atoms with Crippen LogP contribution < -0.4 is 10.2 Å². The van der Waals surface area contributed by atoms with E-state index in [1.54, 1.807) is 4.90 Å². The monoisotopic (exact) mass is 338 g/mol. The number of carbonyl (C=O) groups excluding carboxylic acids is 2. The van der Waals surface area contributed by atoms with Crippen molar-refractivity contribution in [3.05, 3.63) is 28.7 Å². The van der Waals surface area contributed by atoms with Crippen molar-refractivity contribution in [1.82, 2.24) is 5.32 Å². The van der Waals surface area contributed by atoms with Crippen molar-refractivity contribution in [2.75, 3.05) is 11.4 Å². The largest absolute Gasteiger partial charge is 0.344 e.